The Morgan fingerprint density at radius 1 is 1.32 bits per heavy atom. The normalized spacial score (nSPS) is 12.2. The minimum Gasteiger partial charge on any atom is -0.345 e. The first-order valence-corrected chi connectivity index (χ1v) is 7.72. The van der Waals surface area contributed by atoms with Crippen LogP contribution in [0.2, 0.25) is 0 Å². The maximum atomic E-state index is 12.2. The number of rotatable bonds is 3. The number of halogens is 1. The zero-order valence-corrected chi connectivity index (χ0v) is 13.6. The highest BCUT2D eigenvalue weighted by atomic mass is 79.9. The Bertz CT molecular complexity index is 586. The van der Waals surface area contributed by atoms with Crippen LogP contribution in [-0.4, -0.2) is 5.91 Å². The van der Waals surface area contributed by atoms with Crippen LogP contribution in [0.5, 0.6) is 0 Å². The van der Waals surface area contributed by atoms with E-state index in [1.165, 1.54) is 10.4 Å². The van der Waals surface area contributed by atoms with Gasteiger partial charge in [0.2, 0.25) is 0 Å². The molecule has 100 valence electrons. The molecule has 1 unspecified atom stereocenters. The number of hydrogen-bond donors (Lipinski definition) is 1. The fourth-order valence-electron chi connectivity index (χ4n) is 1.86. The molecule has 1 heterocycles. The van der Waals surface area contributed by atoms with Crippen LogP contribution in [-0.2, 0) is 0 Å². The van der Waals surface area contributed by atoms with Gasteiger partial charge in [0.25, 0.3) is 5.91 Å². The molecule has 1 N–H and O–H groups in total. The molecule has 0 aliphatic heterocycles. The summed E-state index contributed by atoms with van der Waals surface area (Å²) in [5, 5.41) is 3.04. The van der Waals surface area contributed by atoms with Crippen molar-refractivity contribution in [1.29, 1.82) is 0 Å². The highest BCUT2D eigenvalue weighted by molar-refractivity contribution is 9.10. The summed E-state index contributed by atoms with van der Waals surface area (Å²) in [4.78, 5) is 14.2. The molecular weight excluding hydrogens is 322 g/mol. The third-order valence-corrected chi connectivity index (χ3v) is 4.98. The lowest BCUT2D eigenvalue weighted by Gasteiger charge is -2.15. The van der Waals surface area contributed by atoms with Crippen LogP contribution in [0.3, 0.4) is 0 Å². The second-order valence-electron chi connectivity index (χ2n) is 4.57. The van der Waals surface area contributed by atoms with Gasteiger partial charge in [-0.15, -0.1) is 11.3 Å². The summed E-state index contributed by atoms with van der Waals surface area (Å²) in [7, 11) is 0. The van der Waals surface area contributed by atoms with Crippen molar-refractivity contribution >= 4 is 33.2 Å². The van der Waals surface area contributed by atoms with E-state index >= 15 is 0 Å². The largest absolute Gasteiger partial charge is 0.345 e. The predicted octanol–water partition coefficient (Wildman–Crippen LogP) is 4.62. The lowest BCUT2D eigenvalue weighted by Crippen LogP contribution is -2.26. The number of hydrogen-bond acceptors (Lipinski definition) is 2. The highest BCUT2D eigenvalue weighted by Gasteiger charge is 2.15. The molecule has 2 nitrogen and oxygen atoms in total. The molecule has 1 atom stereocenters. The zero-order valence-electron chi connectivity index (χ0n) is 11.2. The Balaban J connectivity index is 2.13. The molecule has 0 aliphatic carbocycles. The van der Waals surface area contributed by atoms with E-state index in [9.17, 15) is 4.79 Å². The average Bonchev–Trinajstić information content (AvgIpc) is 2.70. The Labute approximate surface area is 126 Å². The van der Waals surface area contributed by atoms with E-state index in [4.69, 9.17) is 0 Å². The first-order valence-electron chi connectivity index (χ1n) is 6.11. The minimum atomic E-state index is -0.0224. The van der Waals surface area contributed by atoms with Gasteiger partial charge in [-0.1, -0.05) is 34.1 Å². The van der Waals surface area contributed by atoms with Gasteiger partial charge in [0.15, 0.2) is 0 Å². The SMILES string of the molecule is Cc1cc(C(=O)NC(C)c2ccccc2Br)sc1C. The van der Waals surface area contributed by atoms with E-state index in [-0.39, 0.29) is 11.9 Å². The van der Waals surface area contributed by atoms with Gasteiger partial charge < -0.3 is 5.32 Å². The molecule has 2 aromatic rings. The molecule has 0 spiro atoms. The molecule has 1 aromatic heterocycles. The summed E-state index contributed by atoms with van der Waals surface area (Å²) < 4.78 is 1.02. The second-order valence-corrected chi connectivity index (χ2v) is 6.68. The standard InChI is InChI=1S/C15H16BrNOS/c1-9-8-14(19-11(9)3)15(18)17-10(2)12-6-4-5-7-13(12)16/h4-8,10H,1-3H3,(H,17,18). The van der Waals surface area contributed by atoms with Crippen LogP contribution in [0.4, 0.5) is 0 Å². The summed E-state index contributed by atoms with van der Waals surface area (Å²) in [5.74, 6) is -0.00977. The fraction of sp³-hybridized carbons (Fsp3) is 0.267. The van der Waals surface area contributed by atoms with Crippen LogP contribution in [0.15, 0.2) is 34.8 Å². The first-order chi connectivity index (χ1) is 8.99. The van der Waals surface area contributed by atoms with Gasteiger partial charge in [-0.25, -0.2) is 0 Å². The quantitative estimate of drug-likeness (QED) is 0.869. The summed E-state index contributed by atoms with van der Waals surface area (Å²) in [6.07, 6.45) is 0. The summed E-state index contributed by atoms with van der Waals surface area (Å²) in [6, 6.07) is 9.86. The van der Waals surface area contributed by atoms with E-state index in [2.05, 4.69) is 21.2 Å². The zero-order chi connectivity index (χ0) is 14.0. The van der Waals surface area contributed by atoms with Crippen molar-refractivity contribution in [2.24, 2.45) is 0 Å². The molecule has 1 aromatic carbocycles. The molecular formula is C15H16BrNOS. The van der Waals surface area contributed by atoms with Crippen molar-refractivity contribution in [3.05, 3.63) is 55.7 Å². The van der Waals surface area contributed by atoms with Crippen LogP contribution in [0, 0.1) is 13.8 Å². The minimum absolute atomic E-state index is 0.00977. The summed E-state index contributed by atoms with van der Waals surface area (Å²) in [6.45, 7) is 6.05. The third kappa shape index (κ3) is 3.25. The second kappa shape index (κ2) is 5.88. The van der Waals surface area contributed by atoms with Gasteiger partial charge in [-0.3, -0.25) is 4.79 Å². The van der Waals surface area contributed by atoms with Crippen molar-refractivity contribution in [3.63, 3.8) is 0 Å². The Morgan fingerprint density at radius 3 is 2.58 bits per heavy atom. The van der Waals surface area contributed by atoms with Crippen molar-refractivity contribution in [2.75, 3.05) is 0 Å². The van der Waals surface area contributed by atoms with Gasteiger partial charge in [-0.05, 0) is 44.0 Å². The topological polar surface area (TPSA) is 29.1 Å². The molecule has 4 heteroatoms. The molecule has 0 saturated carbocycles. The first kappa shape index (κ1) is 14.3. The molecule has 0 radical (unpaired) electrons. The molecule has 2 rings (SSSR count). The Kier molecular flexibility index (Phi) is 4.42. The molecule has 0 saturated heterocycles. The van der Waals surface area contributed by atoms with Gasteiger partial charge >= 0.3 is 0 Å². The van der Waals surface area contributed by atoms with E-state index in [1.54, 1.807) is 11.3 Å². The molecule has 0 bridgehead atoms. The van der Waals surface area contributed by atoms with Crippen LogP contribution < -0.4 is 5.32 Å². The molecule has 0 aliphatic rings. The van der Waals surface area contributed by atoms with Crippen molar-refractivity contribution < 1.29 is 4.79 Å². The van der Waals surface area contributed by atoms with E-state index in [1.807, 2.05) is 51.1 Å². The van der Waals surface area contributed by atoms with Crippen molar-refractivity contribution in [2.45, 2.75) is 26.8 Å². The van der Waals surface area contributed by atoms with E-state index in [0.29, 0.717) is 0 Å². The van der Waals surface area contributed by atoms with Gasteiger partial charge in [-0.2, -0.15) is 0 Å². The van der Waals surface area contributed by atoms with Crippen LogP contribution in [0.25, 0.3) is 0 Å². The number of carbonyl (C=O) groups excluding carboxylic acids is 1. The highest BCUT2D eigenvalue weighted by Crippen LogP contribution is 2.25. The van der Waals surface area contributed by atoms with Crippen molar-refractivity contribution in [3.8, 4) is 0 Å². The maximum Gasteiger partial charge on any atom is 0.261 e. The number of benzene rings is 1. The lowest BCUT2D eigenvalue weighted by atomic mass is 10.1. The number of aryl methyl sites for hydroxylation is 2. The average molecular weight is 338 g/mol. The number of carbonyl (C=O) groups is 1. The van der Waals surface area contributed by atoms with Crippen LogP contribution >= 0.6 is 27.3 Å². The van der Waals surface area contributed by atoms with Gasteiger partial charge in [0, 0.05) is 9.35 Å². The summed E-state index contributed by atoms with van der Waals surface area (Å²) >= 11 is 5.05. The fourth-order valence-corrected chi connectivity index (χ4v) is 3.42. The molecule has 0 fully saturated rings. The Morgan fingerprint density at radius 2 is 2.00 bits per heavy atom. The van der Waals surface area contributed by atoms with E-state index in [0.717, 1.165) is 14.9 Å². The predicted molar refractivity (Wildman–Crippen MR) is 83.8 cm³/mol. The molecule has 19 heavy (non-hydrogen) atoms. The maximum absolute atomic E-state index is 12.2. The number of thiophene rings is 1. The lowest BCUT2D eigenvalue weighted by molar-refractivity contribution is 0.0944. The Hall–Kier alpha value is -1.13. The monoisotopic (exact) mass is 337 g/mol. The van der Waals surface area contributed by atoms with Gasteiger partial charge in [0.05, 0.1) is 10.9 Å². The summed E-state index contributed by atoms with van der Waals surface area (Å²) in [5.41, 5.74) is 2.25. The number of amides is 1. The van der Waals surface area contributed by atoms with E-state index < -0.39 is 0 Å². The van der Waals surface area contributed by atoms with Crippen molar-refractivity contribution in [1.82, 2.24) is 5.32 Å². The smallest absolute Gasteiger partial charge is 0.261 e. The van der Waals surface area contributed by atoms with Gasteiger partial charge in [0.1, 0.15) is 0 Å². The third-order valence-electron chi connectivity index (χ3n) is 3.11. The number of nitrogens with one attached hydrogen (secondary N) is 1. The van der Waals surface area contributed by atoms with Crippen LogP contribution in [0.1, 0.15) is 38.6 Å². The molecule has 1 amide bonds.